The van der Waals surface area contributed by atoms with Crippen LogP contribution in [0, 0.1) is 5.82 Å². The van der Waals surface area contributed by atoms with Gasteiger partial charge in [-0.1, -0.05) is 12.1 Å². The molecule has 18 heavy (non-hydrogen) atoms. The van der Waals surface area contributed by atoms with E-state index in [0.29, 0.717) is 11.5 Å². The van der Waals surface area contributed by atoms with Gasteiger partial charge >= 0.3 is 0 Å². The molecule has 2 N–H and O–H groups in total. The minimum Gasteiger partial charge on any atom is -0.485 e. The van der Waals surface area contributed by atoms with E-state index >= 15 is 0 Å². The standard InChI is InChI=1S/C12H10FN3O2/c13-10-11(15-6-16-12(10)14)9-5-17-7-3-1-2-4-8(7)18-9/h1-4,6,9H,5H2,(H2,14,15,16). The molecule has 92 valence electrons. The van der Waals surface area contributed by atoms with Crippen molar-refractivity contribution in [2.24, 2.45) is 0 Å². The molecular formula is C12H10FN3O2. The van der Waals surface area contributed by atoms with E-state index in [1.54, 1.807) is 12.1 Å². The Morgan fingerprint density at radius 3 is 2.83 bits per heavy atom. The Balaban J connectivity index is 1.94. The van der Waals surface area contributed by atoms with Crippen LogP contribution < -0.4 is 15.2 Å². The monoisotopic (exact) mass is 247 g/mol. The van der Waals surface area contributed by atoms with Crippen LogP contribution in [-0.2, 0) is 0 Å². The molecule has 0 bridgehead atoms. The molecule has 0 aliphatic carbocycles. The first-order valence-electron chi connectivity index (χ1n) is 5.40. The van der Waals surface area contributed by atoms with Gasteiger partial charge in [-0.2, -0.15) is 0 Å². The van der Waals surface area contributed by atoms with Gasteiger partial charge in [0.2, 0.25) is 0 Å². The zero-order chi connectivity index (χ0) is 12.5. The predicted molar refractivity (Wildman–Crippen MR) is 61.7 cm³/mol. The van der Waals surface area contributed by atoms with Gasteiger partial charge in [-0.05, 0) is 12.1 Å². The summed E-state index contributed by atoms with van der Waals surface area (Å²) in [5.74, 6) is 0.342. The van der Waals surface area contributed by atoms with Gasteiger partial charge in [0.1, 0.15) is 18.6 Å². The Labute approximate surface area is 102 Å². The van der Waals surface area contributed by atoms with Crippen LogP contribution in [-0.4, -0.2) is 16.6 Å². The minimum absolute atomic E-state index is 0.108. The lowest BCUT2D eigenvalue weighted by atomic mass is 10.2. The van der Waals surface area contributed by atoms with Crippen LogP contribution in [0.15, 0.2) is 30.6 Å². The number of rotatable bonds is 1. The first kappa shape index (κ1) is 10.8. The van der Waals surface area contributed by atoms with Gasteiger partial charge in [0.15, 0.2) is 29.2 Å². The lowest BCUT2D eigenvalue weighted by Crippen LogP contribution is -2.24. The van der Waals surface area contributed by atoms with Crippen molar-refractivity contribution in [2.45, 2.75) is 6.10 Å². The number of hydrogen-bond acceptors (Lipinski definition) is 5. The molecule has 5 nitrogen and oxygen atoms in total. The largest absolute Gasteiger partial charge is 0.485 e. The van der Waals surface area contributed by atoms with Crippen LogP contribution in [0.5, 0.6) is 11.5 Å². The highest BCUT2D eigenvalue weighted by molar-refractivity contribution is 5.42. The summed E-state index contributed by atoms with van der Waals surface area (Å²) in [5.41, 5.74) is 5.51. The van der Waals surface area contributed by atoms with Crippen molar-refractivity contribution in [1.82, 2.24) is 9.97 Å². The average molecular weight is 247 g/mol. The minimum atomic E-state index is -0.662. The van der Waals surface area contributed by atoms with Crippen molar-refractivity contribution < 1.29 is 13.9 Å². The fourth-order valence-electron chi connectivity index (χ4n) is 1.78. The van der Waals surface area contributed by atoms with Crippen molar-refractivity contribution >= 4 is 5.82 Å². The molecule has 0 saturated carbocycles. The first-order chi connectivity index (χ1) is 8.75. The van der Waals surface area contributed by atoms with E-state index in [-0.39, 0.29) is 18.1 Å². The Hall–Kier alpha value is -2.37. The van der Waals surface area contributed by atoms with Gasteiger partial charge in [0.05, 0.1) is 0 Å². The van der Waals surface area contributed by atoms with E-state index in [1.807, 2.05) is 12.1 Å². The second-order valence-electron chi connectivity index (χ2n) is 3.82. The highest BCUT2D eigenvalue weighted by atomic mass is 19.1. The summed E-state index contributed by atoms with van der Waals surface area (Å²) in [5, 5.41) is 0. The number of aromatic nitrogens is 2. The normalized spacial score (nSPS) is 17.5. The highest BCUT2D eigenvalue weighted by Crippen LogP contribution is 2.36. The summed E-state index contributed by atoms with van der Waals surface area (Å²) in [6.07, 6.45) is 0.586. The van der Waals surface area contributed by atoms with Crippen molar-refractivity contribution in [1.29, 1.82) is 0 Å². The number of benzene rings is 1. The van der Waals surface area contributed by atoms with Crippen LogP contribution in [0.3, 0.4) is 0 Å². The second-order valence-corrected chi connectivity index (χ2v) is 3.82. The number of para-hydroxylation sites is 2. The molecule has 2 heterocycles. The number of nitrogens with two attached hydrogens (primary N) is 1. The van der Waals surface area contributed by atoms with Gasteiger partial charge in [0, 0.05) is 0 Å². The molecule has 2 aromatic rings. The van der Waals surface area contributed by atoms with Crippen LogP contribution in [0.1, 0.15) is 11.8 Å². The summed E-state index contributed by atoms with van der Waals surface area (Å²) in [4.78, 5) is 7.44. The van der Waals surface area contributed by atoms with Gasteiger partial charge in [-0.3, -0.25) is 0 Å². The van der Waals surface area contributed by atoms with E-state index in [0.717, 1.165) is 0 Å². The number of hydrogen-bond donors (Lipinski definition) is 1. The summed E-state index contributed by atoms with van der Waals surface area (Å²) in [6, 6.07) is 7.20. The third-order valence-electron chi connectivity index (χ3n) is 2.66. The number of fused-ring (bicyclic) bond motifs is 1. The molecule has 0 fully saturated rings. The Kier molecular flexibility index (Phi) is 2.47. The molecule has 1 aromatic carbocycles. The SMILES string of the molecule is Nc1ncnc(C2COc3ccccc3O2)c1F. The maximum absolute atomic E-state index is 13.8. The van der Waals surface area contributed by atoms with Crippen molar-refractivity contribution in [2.75, 3.05) is 12.3 Å². The molecule has 1 unspecified atom stereocenters. The number of halogens is 1. The van der Waals surface area contributed by atoms with Gasteiger partial charge in [0.25, 0.3) is 0 Å². The quantitative estimate of drug-likeness (QED) is 0.830. The Bertz CT molecular complexity index is 591. The molecule has 1 aromatic heterocycles. The molecular weight excluding hydrogens is 237 g/mol. The summed E-state index contributed by atoms with van der Waals surface area (Å²) >= 11 is 0. The molecule has 0 amide bonds. The summed E-state index contributed by atoms with van der Waals surface area (Å²) in [7, 11) is 0. The third kappa shape index (κ3) is 1.71. The molecule has 1 aliphatic heterocycles. The van der Waals surface area contributed by atoms with E-state index < -0.39 is 11.9 Å². The number of anilines is 1. The number of nitrogens with zero attached hydrogens (tertiary/aromatic N) is 2. The highest BCUT2D eigenvalue weighted by Gasteiger charge is 2.27. The van der Waals surface area contributed by atoms with E-state index in [2.05, 4.69) is 9.97 Å². The summed E-state index contributed by atoms with van der Waals surface area (Å²) < 4.78 is 24.9. The molecule has 0 radical (unpaired) electrons. The molecule has 3 rings (SSSR count). The third-order valence-corrected chi connectivity index (χ3v) is 2.66. The van der Waals surface area contributed by atoms with Gasteiger partial charge in [-0.15, -0.1) is 0 Å². The zero-order valence-electron chi connectivity index (χ0n) is 9.34. The maximum Gasteiger partial charge on any atom is 0.190 e. The number of nitrogen functional groups attached to an aromatic ring is 1. The van der Waals surface area contributed by atoms with Gasteiger partial charge < -0.3 is 15.2 Å². The van der Waals surface area contributed by atoms with E-state index in [1.165, 1.54) is 6.33 Å². The Morgan fingerprint density at radius 1 is 1.22 bits per heavy atom. The van der Waals surface area contributed by atoms with Crippen LogP contribution in [0.25, 0.3) is 0 Å². The van der Waals surface area contributed by atoms with Crippen LogP contribution in [0.2, 0.25) is 0 Å². The molecule has 0 spiro atoms. The van der Waals surface area contributed by atoms with Crippen molar-refractivity contribution in [3.63, 3.8) is 0 Å². The Morgan fingerprint density at radius 2 is 2.00 bits per heavy atom. The lowest BCUT2D eigenvalue weighted by molar-refractivity contribution is 0.0853. The number of ether oxygens (including phenoxy) is 2. The van der Waals surface area contributed by atoms with Crippen molar-refractivity contribution in [3.05, 3.63) is 42.1 Å². The first-order valence-corrected chi connectivity index (χ1v) is 5.40. The van der Waals surface area contributed by atoms with E-state index in [9.17, 15) is 4.39 Å². The lowest BCUT2D eigenvalue weighted by Gasteiger charge is -2.26. The van der Waals surface area contributed by atoms with E-state index in [4.69, 9.17) is 15.2 Å². The van der Waals surface area contributed by atoms with Crippen LogP contribution >= 0.6 is 0 Å². The molecule has 1 aliphatic rings. The molecule has 0 saturated heterocycles. The molecule has 6 heteroatoms. The van der Waals surface area contributed by atoms with Crippen molar-refractivity contribution in [3.8, 4) is 11.5 Å². The maximum atomic E-state index is 13.8. The molecule has 1 atom stereocenters. The van der Waals surface area contributed by atoms with Gasteiger partial charge in [-0.25, -0.2) is 14.4 Å². The topological polar surface area (TPSA) is 70.3 Å². The fourth-order valence-corrected chi connectivity index (χ4v) is 1.78. The predicted octanol–water partition coefficient (Wildman–Crippen LogP) is 1.71. The average Bonchev–Trinajstić information content (AvgIpc) is 2.41. The van der Waals surface area contributed by atoms with Crippen LogP contribution in [0.4, 0.5) is 10.2 Å². The smallest absolute Gasteiger partial charge is 0.190 e. The summed E-state index contributed by atoms with van der Waals surface area (Å²) in [6.45, 7) is 0.185. The second kappa shape index (κ2) is 4.14. The fraction of sp³-hybridized carbons (Fsp3) is 0.167. The zero-order valence-corrected chi connectivity index (χ0v) is 9.34.